The van der Waals surface area contributed by atoms with Crippen LogP contribution in [0.25, 0.3) is 0 Å². The first-order valence-corrected chi connectivity index (χ1v) is 4.20. The van der Waals surface area contributed by atoms with E-state index < -0.39 is 5.97 Å². The minimum Gasteiger partial charge on any atom is -0.478 e. The molecule has 1 rings (SSSR count). The molecular formula is C9H13NO4. The van der Waals surface area contributed by atoms with Crippen molar-refractivity contribution < 1.29 is 19.5 Å². The van der Waals surface area contributed by atoms with E-state index in [1.807, 2.05) is 6.92 Å². The Bertz CT molecular complexity index is 260. The molecule has 0 aromatic heterocycles. The first kappa shape index (κ1) is 12.3. The Labute approximate surface area is 81.8 Å². The van der Waals surface area contributed by atoms with Crippen LogP contribution in [0.15, 0.2) is 12.7 Å². The van der Waals surface area contributed by atoms with E-state index in [0.717, 1.165) is 12.5 Å². The van der Waals surface area contributed by atoms with Crippen LogP contribution in [0.3, 0.4) is 0 Å². The molecule has 0 aliphatic carbocycles. The predicted octanol–water partition coefficient (Wildman–Crippen LogP) is 0.316. The zero-order valence-corrected chi connectivity index (χ0v) is 7.95. The number of hydrogen-bond acceptors (Lipinski definition) is 3. The fraction of sp³-hybridized carbons (Fsp3) is 0.444. The molecule has 0 aromatic rings. The summed E-state index contributed by atoms with van der Waals surface area (Å²) in [6, 6.07) is 0. The Hall–Kier alpha value is -1.65. The van der Waals surface area contributed by atoms with Gasteiger partial charge in [-0.2, -0.15) is 0 Å². The van der Waals surface area contributed by atoms with Crippen LogP contribution >= 0.6 is 0 Å². The van der Waals surface area contributed by atoms with Crippen molar-refractivity contribution in [2.45, 2.75) is 19.8 Å². The lowest BCUT2D eigenvalue weighted by Crippen LogP contribution is -2.21. The zero-order valence-electron chi connectivity index (χ0n) is 7.95. The first-order valence-electron chi connectivity index (χ1n) is 4.20. The van der Waals surface area contributed by atoms with Gasteiger partial charge in [-0.05, 0) is 6.42 Å². The van der Waals surface area contributed by atoms with Crippen molar-refractivity contribution in [3.8, 4) is 0 Å². The molecule has 1 unspecified atom stereocenters. The van der Waals surface area contributed by atoms with Gasteiger partial charge < -0.3 is 5.11 Å². The van der Waals surface area contributed by atoms with Gasteiger partial charge >= 0.3 is 5.97 Å². The van der Waals surface area contributed by atoms with E-state index >= 15 is 0 Å². The monoisotopic (exact) mass is 199 g/mol. The fourth-order valence-corrected chi connectivity index (χ4v) is 0.937. The molecule has 0 radical (unpaired) electrons. The Balaban J connectivity index is 0.000000292. The van der Waals surface area contributed by atoms with Gasteiger partial charge in [0.05, 0.1) is 0 Å². The normalized spacial score (nSPS) is 19.4. The van der Waals surface area contributed by atoms with E-state index in [1.165, 1.54) is 0 Å². The Morgan fingerprint density at radius 2 is 2.21 bits per heavy atom. The number of amides is 2. The summed E-state index contributed by atoms with van der Waals surface area (Å²) in [6.07, 6.45) is 1.98. The average Bonchev–Trinajstić information content (AvgIpc) is 2.45. The summed E-state index contributed by atoms with van der Waals surface area (Å²) >= 11 is 0. The number of carbonyl (C=O) groups is 3. The summed E-state index contributed by atoms with van der Waals surface area (Å²) in [4.78, 5) is 30.4. The van der Waals surface area contributed by atoms with Crippen LogP contribution in [0.2, 0.25) is 0 Å². The largest absolute Gasteiger partial charge is 0.478 e. The van der Waals surface area contributed by atoms with Crippen LogP contribution in [0, 0.1) is 5.92 Å². The molecule has 0 spiro atoms. The third-order valence-corrected chi connectivity index (χ3v) is 1.73. The van der Waals surface area contributed by atoms with Gasteiger partial charge in [-0.25, -0.2) is 4.79 Å². The third-order valence-electron chi connectivity index (χ3n) is 1.73. The zero-order chi connectivity index (χ0) is 11.1. The van der Waals surface area contributed by atoms with Crippen LogP contribution in [0.1, 0.15) is 19.8 Å². The molecule has 0 aromatic carbocycles. The highest BCUT2D eigenvalue weighted by molar-refractivity contribution is 6.03. The van der Waals surface area contributed by atoms with Crippen molar-refractivity contribution in [2.24, 2.45) is 5.92 Å². The van der Waals surface area contributed by atoms with Gasteiger partial charge in [0.15, 0.2) is 0 Å². The molecule has 1 saturated heterocycles. The third kappa shape index (κ3) is 4.39. The number of carboxylic acid groups (broad SMARTS) is 1. The number of imide groups is 1. The topological polar surface area (TPSA) is 83.5 Å². The van der Waals surface area contributed by atoms with Crippen LogP contribution in [0.4, 0.5) is 0 Å². The smallest absolute Gasteiger partial charge is 0.327 e. The minimum atomic E-state index is -0.981. The molecule has 0 bridgehead atoms. The molecule has 1 atom stereocenters. The molecule has 5 nitrogen and oxygen atoms in total. The SMILES string of the molecule is C=CC(=O)O.CCC1CC(=O)NC1=O. The minimum absolute atomic E-state index is 0.0579. The lowest BCUT2D eigenvalue weighted by Gasteiger charge is -1.96. The van der Waals surface area contributed by atoms with Crippen LogP contribution in [-0.4, -0.2) is 22.9 Å². The molecule has 1 fully saturated rings. The second-order valence-electron chi connectivity index (χ2n) is 2.76. The van der Waals surface area contributed by atoms with Gasteiger partial charge in [0.1, 0.15) is 0 Å². The summed E-state index contributed by atoms with van der Waals surface area (Å²) in [7, 11) is 0. The van der Waals surface area contributed by atoms with Gasteiger partial charge in [0.25, 0.3) is 0 Å². The second kappa shape index (κ2) is 5.90. The maximum Gasteiger partial charge on any atom is 0.327 e. The number of aliphatic carboxylic acids is 1. The first-order chi connectivity index (χ1) is 6.51. The Morgan fingerprint density at radius 3 is 2.36 bits per heavy atom. The molecule has 78 valence electrons. The number of hydrogen-bond donors (Lipinski definition) is 2. The fourth-order valence-electron chi connectivity index (χ4n) is 0.937. The molecule has 2 amide bonds. The van der Waals surface area contributed by atoms with Gasteiger partial charge in [0, 0.05) is 18.4 Å². The lowest BCUT2D eigenvalue weighted by molar-refractivity contribution is -0.131. The molecular weight excluding hydrogens is 186 g/mol. The molecule has 1 heterocycles. The van der Waals surface area contributed by atoms with E-state index in [-0.39, 0.29) is 17.7 Å². The quantitative estimate of drug-likeness (QED) is 0.495. The van der Waals surface area contributed by atoms with Crippen molar-refractivity contribution in [3.05, 3.63) is 12.7 Å². The maximum absolute atomic E-state index is 10.7. The van der Waals surface area contributed by atoms with Gasteiger partial charge in [-0.15, -0.1) is 0 Å². The highest BCUT2D eigenvalue weighted by Gasteiger charge is 2.28. The van der Waals surface area contributed by atoms with Crippen LogP contribution in [0.5, 0.6) is 0 Å². The summed E-state index contributed by atoms with van der Waals surface area (Å²) in [5.41, 5.74) is 0. The maximum atomic E-state index is 10.7. The number of nitrogens with one attached hydrogen (secondary N) is 1. The number of carboxylic acids is 1. The van der Waals surface area contributed by atoms with Crippen molar-refractivity contribution in [3.63, 3.8) is 0 Å². The van der Waals surface area contributed by atoms with Gasteiger partial charge in [-0.1, -0.05) is 13.5 Å². The second-order valence-corrected chi connectivity index (χ2v) is 2.76. The molecule has 14 heavy (non-hydrogen) atoms. The van der Waals surface area contributed by atoms with Crippen molar-refractivity contribution in [2.75, 3.05) is 0 Å². The van der Waals surface area contributed by atoms with E-state index in [1.54, 1.807) is 0 Å². The van der Waals surface area contributed by atoms with Crippen LogP contribution in [-0.2, 0) is 14.4 Å². The summed E-state index contributed by atoms with van der Waals surface area (Å²) < 4.78 is 0. The van der Waals surface area contributed by atoms with Crippen molar-refractivity contribution in [1.82, 2.24) is 5.32 Å². The van der Waals surface area contributed by atoms with E-state index in [2.05, 4.69) is 11.9 Å². The number of rotatable bonds is 2. The molecule has 1 aliphatic heterocycles. The average molecular weight is 199 g/mol. The number of carbonyl (C=O) groups excluding carboxylic acids is 2. The van der Waals surface area contributed by atoms with Gasteiger partial charge in [0.2, 0.25) is 11.8 Å². The van der Waals surface area contributed by atoms with E-state index in [9.17, 15) is 14.4 Å². The lowest BCUT2D eigenvalue weighted by atomic mass is 10.1. The standard InChI is InChI=1S/C6H9NO2.C3H4O2/c1-2-4-3-5(8)7-6(4)9;1-2-3(4)5/h4H,2-3H2,1H3,(H,7,8,9);2H,1H2,(H,4,5). The van der Waals surface area contributed by atoms with E-state index in [0.29, 0.717) is 6.42 Å². The molecule has 5 heteroatoms. The van der Waals surface area contributed by atoms with Gasteiger partial charge in [-0.3, -0.25) is 14.9 Å². The summed E-state index contributed by atoms with van der Waals surface area (Å²) in [5, 5.41) is 9.84. The van der Waals surface area contributed by atoms with Crippen molar-refractivity contribution >= 4 is 17.8 Å². The Morgan fingerprint density at radius 1 is 1.71 bits per heavy atom. The summed E-state index contributed by atoms with van der Waals surface area (Å²) in [5.74, 6) is -1.28. The predicted molar refractivity (Wildman–Crippen MR) is 49.4 cm³/mol. The highest BCUT2D eigenvalue weighted by atomic mass is 16.4. The van der Waals surface area contributed by atoms with E-state index in [4.69, 9.17) is 5.11 Å². The highest BCUT2D eigenvalue weighted by Crippen LogP contribution is 2.13. The molecule has 0 saturated carbocycles. The summed E-state index contributed by atoms with van der Waals surface area (Å²) in [6.45, 7) is 4.87. The Kier molecular flexibility index (Phi) is 5.21. The molecule has 1 aliphatic rings. The van der Waals surface area contributed by atoms with Crippen LogP contribution < -0.4 is 5.32 Å². The van der Waals surface area contributed by atoms with Crippen molar-refractivity contribution in [1.29, 1.82) is 0 Å². The molecule has 2 N–H and O–H groups in total.